The van der Waals surface area contributed by atoms with E-state index in [0.29, 0.717) is 28.5 Å². The van der Waals surface area contributed by atoms with Gasteiger partial charge in [-0.3, -0.25) is 4.79 Å². The number of carbonyl (C=O) groups excluding carboxylic acids is 1. The van der Waals surface area contributed by atoms with E-state index < -0.39 is 5.97 Å². The topological polar surface area (TPSA) is 66.1 Å². The summed E-state index contributed by atoms with van der Waals surface area (Å²) < 4.78 is 7.98. The van der Waals surface area contributed by atoms with Crippen LogP contribution in [0.2, 0.25) is 5.02 Å². The van der Waals surface area contributed by atoms with E-state index >= 15 is 0 Å². The first-order valence-corrected chi connectivity index (χ1v) is 9.37. The van der Waals surface area contributed by atoms with E-state index in [1.54, 1.807) is 29.1 Å². The molecule has 0 amide bonds. The molecule has 2 aliphatic heterocycles. The number of pyridine rings is 1. The highest BCUT2D eigenvalue weighted by atomic mass is 35.5. The number of hydrogen-bond acceptors (Lipinski definition) is 4. The highest BCUT2D eigenvalue weighted by Gasteiger charge is 2.25. The van der Waals surface area contributed by atoms with Crippen LogP contribution in [0.3, 0.4) is 0 Å². The standard InChI is InChI=1S/C22H18ClN3O3/c1-14-6-5-8-16(10-14)26-21(27)17-12-25(11-15-7-3-4-9-19(15)23)13-18(20(17)24-26)22(28)29-2/h3-10,12-13H,11H2,1-2H3. The number of esters is 1. The first-order valence-electron chi connectivity index (χ1n) is 8.99. The smallest absolute Gasteiger partial charge is 0.341 e. The van der Waals surface area contributed by atoms with Crippen LogP contribution in [0, 0.1) is 6.92 Å². The molecule has 7 heteroatoms. The number of aromatic nitrogens is 3. The zero-order chi connectivity index (χ0) is 20.5. The van der Waals surface area contributed by atoms with Gasteiger partial charge in [-0.25, -0.2) is 4.79 Å². The number of hydrogen-bond donors (Lipinski definition) is 0. The Balaban J connectivity index is 1.91. The minimum atomic E-state index is -0.558. The van der Waals surface area contributed by atoms with Gasteiger partial charge in [0, 0.05) is 24.0 Å². The minimum absolute atomic E-state index is 0.223. The minimum Gasteiger partial charge on any atom is -0.465 e. The van der Waals surface area contributed by atoms with Crippen LogP contribution in [0.5, 0.6) is 0 Å². The first kappa shape index (κ1) is 19.0. The summed E-state index contributed by atoms with van der Waals surface area (Å²) in [5.41, 5.74) is 3.07. The average molecular weight is 408 g/mol. The van der Waals surface area contributed by atoms with Crippen LogP contribution in [0.25, 0.3) is 16.9 Å². The monoisotopic (exact) mass is 407 g/mol. The van der Waals surface area contributed by atoms with Crippen LogP contribution in [0.15, 0.2) is 65.7 Å². The molecule has 2 aliphatic rings. The van der Waals surface area contributed by atoms with Crippen molar-refractivity contribution in [3.63, 3.8) is 0 Å². The fourth-order valence-corrected chi connectivity index (χ4v) is 3.46. The molecule has 2 heterocycles. The third kappa shape index (κ3) is 3.54. The largest absolute Gasteiger partial charge is 0.465 e. The Bertz CT molecular complexity index is 1240. The molecule has 2 aromatic carbocycles. The Hall–Kier alpha value is -3.38. The Morgan fingerprint density at radius 1 is 1.14 bits per heavy atom. The molecular weight excluding hydrogens is 390 g/mol. The Morgan fingerprint density at radius 2 is 1.93 bits per heavy atom. The molecule has 0 bridgehead atoms. The molecule has 0 unspecified atom stereocenters. The SMILES string of the molecule is COC(=O)c1cn(Cc2ccccc2Cl)cc2c(=O)n(-c3cccc(C)c3)nc1-2. The number of aryl methyl sites for hydroxylation is 1. The maximum atomic E-state index is 13.1. The number of rotatable bonds is 4. The lowest BCUT2D eigenvalue weighted by Gasteiger charge is -2.12. The van der Waals surface area contributed by atoms with Gasteiger partial charge in [0.2, 0.25) is 0 Å². The van der Waals surface area contributed by atoms with Crippen LogP contribution in [0.1, 0.15) is 21.5 Å². The zero-order valence-electron chi connectivity index (χ0n) is 15.9. The van der Waals surface area contributed by atoms with Gasteiger partial charge in [0.25, 0.3) is 5.56 Å². The summed E-state index contributed by atoms with van der Waals surface area (Å²) in [6, 6.07) is 14.9. The number of halogens is 1. The molecule has 0 saturated carbocycles. The maximum absolute atomic E-state index is 13.1. The van der Waals surface area contributed by atoms with Gasteiger partial charge < -0.3 is 9.30 Å². The molecule has 0 radical (unpaired) electrons. The van der Waals surface area contributed by atoms with Gasteiger partial charge in [-0.15, -0.1) is 0 Å². The highest BCUT2D eigenvalue weighted by Crippen LogP contribution is 2.25. The zero-order valence-corrected chi connectivity index (χ0v) is 16.7. The molecule has 0 atom stereocenters. The average Bonchev–Trinajstić information content (AvgIpc) is 3.05. The number of nitrogens with zero attached hydrogens (tertiary/aromatic N) is 3. The van der Waals surface area contributed by atoms with Crippen LogP contribution < -0.4 is 5.56 Å². The van der Waals surface area contributed by atoms with Crippen LogP contribution >= 0.6 is 11.6 Å². The molecule has 6 nitrogen and oxygen atoms in total. The van der Waals surface area contributed by atoms with Crippen molar-refractivity contribution in [2.24, 2.45) is 0 Å². The Labute approximate surface area is 172 Å². The van der Waals surface area contributed by atoms with Crippen molar-refractivity contribution in [1.82, 2.24) is 14.3 Å². The molecular formula is C22H18ClN3O3. The molecule has 2 aromatic rings. The Kier molecular flexibility index (Phi) is 4.94. The summed E-state index contributed by atoms with van der Waals surface area (Å²) in [4.78, 5) is 25.5. The second-order valence-electron chi connectivity index (χ2n) is 6.75. The van der Waals surface area contributed by atoms with Crippen molar-refractivity contribution < 1.29 is 9.53 Å². The van der Waals surface area contributed by atoms with E-state index in [1.165, 1.54) is 11.8 Å². The van der Waals surface area contributed by atoms with E-state index in [1.807, 2.05) is 43.3 Å². The van der Waals surface area contributed by atoms with Gasteiger partial charge in [0.15, 0.2) is 0 Å². The first-order chi connectivity index (χ1) is 14.0. The normalized spacial score (nSPS) is 11.0. The van der Waals surface area contributed by atoms with Crippen molar-refractivity contribution in [2.45, 2.75) is 13.5 Å². The van der Waals surface area contributed by atoms with Crippen LogP contribution in [-0.4, -0.2) is 27.4 Å². The number of benzene rings is 2. The van der Waals surface area contributed by atoms with Crippen LogP contribution in [0.4, 0.5) is 0 Å². The van der Waals surface area contributed by atoms with Crippen molar-refractivity contribution in [2.75, 3.05) is 7.11 Å². The molecule has 4 rings (SSSR count). The third-order valence-corrected chi connectivity index (χ3v) is 5.05. The van der Waals surface area contributed by atoms with Crippen LogP contribution in [-0.2, 0) is 11.3 Å². The van der Waals surface area contributed by atoms with Crippen molar-refractivity contribution in [1.29, 1.82) is 0 Å². The lowest BCUT2D eigenvalue weighted by atomic mass is 10.1. The second-order valence-corrected chi connectivity index (χ2v) is 7.15. The summed E-state index contributed by atoms with van der Waals surface area (Å²) in [6.07, 6.45) is 3.32. The second kappa shape index (κ2) is 7.56. The molecule has 0 fully saturated rings. The molecule has 0 aliphatic carbocycles. The van der Waals surface area contributed by atoms with Gasteiger partial charge in [0.05, 0.1) is 18.4 Å². The van der Waals surface area contributed by atoms with Gasteiger partial charge in [-0.1, -0.05) is 41.9 Å². The van der Waals surface area contributed by atoms with Gasteiger partial charge in [0.1, 0.15) is 11.3 Å². The summed E-state index contributed by atoms with van der Waals surface area (Å²) in [6.45, 7) is 2.34. The van der Waals surface area contributed by atoms with Crippen molar-refractivity contribution in [3.8, 4) is 16.9 Å². The van der Waals surface area contributed by atoms with Gasteiger partial charge in [-0.05, 0) is 36.2 Å². The lowest BCUT2D eigenvalue weighted by Crippen LogP contribution is -2.16. The predicted molar refractivity (Wildman–Crippen MR) is 111 cm³/mol. The molecule has 29 heavy (non-hydrogen) atoms. The van der Waals surface area contributed by atoms with Gasteiger partial charge in [-0.2, -0.15) is 9.78 Å². The highest BCUT2D eigenvalue weighted by molar-refractivity contribution is 6.31. The fraction of sp³-hybridized carbons (Fsp3) is 0.136. The number of fused-ring (bicyclic) bond motifs is 1. The number of methoxy groups -OCH3 is 1. The number of carbonyl (C=O) groups is 1. The fourth-order valence-electron chi connectivity index (χ4n) is 3.27. The number of ether oxygens (including phenoxy) is 1. The van der Waals surface area contributed by atoms with E-state index in [4.69, 9.17) is 16.3 Å². The predicted octanol–water partition coefficient (Wildman–Crippen LogP) is 3.94. The molecule has 0 spiro atoms. The summed E-state index contributed by atoms with van der Waals surface area (Å²) in [7, 11) is 1.30. The molecule has 146 valence electrons. The van der Waals surface area contributed by atoms with E-state index in [0.717, 1.165) is 11.1 Å². The molecule has 0 N–H and O–H groups in total. The lowest BCUT2D eigenvalue weighted by molar-refractivity contribution is 0.0600. The summed E-state index contributed by atoms with van der Waals surface area (Å²) in [5, 5.41) is 5.03. The third-order valence-electron chi connectivity index (χ3n) is 4.69. The maximum Gasteiger partial charge on any atom is 0.341 e. The van der Waals surface area contributed by atoms with E-state index in [-0.39, 0.29) is 11.1 Å². The Morgan fingerprint density at radius 3 is 2.66 bits per heavy atom. The quantitative estimate of drug-likeness (QED) is 0.481. The molecule has 0 saturated heterocycles. The summed E-state index contributed by atoms with van der Waals surface area (Å²) >= 11 is 6.27. The van der Waals surface area contributed by atoms with E-state index in [2.05, 4.69) is 5.10 Å². The van der Waals surface area contributed by atoms with E-state index in [9.17, 15) is 9.59 Å². The summed E-state index contributed by atoms with van der Waals surface area (Å²) in [5.74, 6) is -0.558. The van der Waals surface area contributed by atoms with Crippen molar-refractivity contribution >= 4 is 17.6 Å². The van der Waals surface area contributed by atoms with Crippen molar-refractivity contribution in [3.05, 3.63) is 93.0 Å². The molecule has 0 aromatic heterocycles. The van der Waals surface area contributed by atoms with Gasteiger partial charge >= 0.3 is 5.97 Å².